The molecule has 1 aromatic rings. The maximum absolute atomic E-state index is 3.76. The molecule has 0 aromatic heterocycles. The van der Waals surface area contributed by atoms with Crippen LogP contribution in [0.2, 0.25) is 0 Å². The highest BCUT2D eigenvalue weighted by Crippen LogP contribution is 2.42. The molecule has 2 heteroatoms. The summed E-state index contributed by atoms with van der Waals surface area (Å²) in [5.74, 6) is 1.64. The Balaban J connectivity index is 2.12. The van der Waals surface area contributed by atoms with E-state index in [2.05, 4.69) is 73.2 Å². The predicted octanol–water partition coefficient (Wildman–Crippen LogP) is 5.43. The Hall–Kier alpha value is -0.340. The third-order valence-corrected chi connectivity index (χ3v) is 5.62. The van der Waals surface area contributed by atoms with Crippen molar-refractivity contribution in [2.45, 2.75) is 59.4 Å². The maximum Gasteiger partial charge on any atom is 0.0177 e. The zero-order chi connectivity index (χ0) is 15.5. The first-order chi connectivity index (χ1) is 9.92. The first kappa shape index (κ1) is 17.0. The van der Waals surface area contributed by atoms with Gasteiger partial charge in [-0.2, -0.15) is 0 Å². The van der Waals surface area contributed by atoms with Gasteiger partial charge in [0.2, 0.25) is 0 Å². The zero-order valence-corrected chi connectivity index (χ0v) is 15.5. The summed E-state index contributed by atoms with van der Waals surface area (Å²) in [7, 11) is 0. The highest BCUT2D eigenvalue weighted by Gasteiger charge is 2.38. The molecule has 0 radical (unpaired) electrons. The minimum atomic E-state index is 0.341. The first-order valence-corrected chi connectivity index (χ1v) is 9.19. The number of halogens is 1. The van der Waals surface area contributed by atoms with Crippen LogP contribution in [0.25, 0.3) is 0 Å². The van der Waals surface area contributed by atoms with E-state index in [4.69, 9.17) is 0 Å². The highest BCUT2D eigenvalue weighted by atomic mass is 79.9. The van der Waals surface area contributed by atoms with Crippen LogP contribution in [0.1, 0.15) is 52.5 Å². The molecular formula is C19H30BrN. The fraction of sp³-hybridized carbons (Fsp3) is 0.684. The molecular weight excluding hydrogens is 322 g/mol. The zero-order valence-electron chi connectivity index (χ0n) is 14.0. The normalized spacial score (nSPS) is 26.8. The van der Waals surface area contributed by atoms with Crippen LogP contribution in [0.5, 0.6) is 0 Å². The van der Waals surface area contributed by atoms with E-state index in [1.54, 1.807) is 0 Å². The molecule has 1 N–H and O–H groups in total. The van der Waals surface area contributed by atoms with Crippen molar-refractivity contribution < 1.29 is 0 Å². The molecule has 0 heterocycles. The lowest BCUT2D eigenvalue weighted by atomic mass is 9.64. The van der Waals surface area contributed by atoms with Crippen molar-refractivity contribution in [2.75, 3.05) is 6.54 Å². The molecule has 1 aliphatic rings. The van der Waals surface area contributed by atoms with E-state index in [0.29, 0.717) is 11.5 Å². The fourth-order valence-corrected chi connectivity index (χ4v) is 4.55. The minimum Gasteiger partial charge on any atom is -0.314 e. The molecule has 0 amide bonds. The Kier molecular flexibility index (Phi) is 5.90. The van der Waals surface area contributed by atoms with Gasteiger partial charge >= 0.3 is 0 Å². The van der Waals surface area contributed by atoms with Gasteiger partial charge in [0.15, 0.2) is 0 Å². The molecule has 1 aromatic carbocycles. The van der Waals surface area contributed by atoms with E-state index in [1.165, 1.54) is 29.3 Å². The molecule has 0 aliphatic heterocycles. The van der Waals surface area contributed by atoms with Gasteiger partial charge in [0.05, 0.1) is 0 Å². The van der Waals surface area contributed by atoms with E-state index in [9.17, 15) is 0 Å². The Morgan fingerprint density at radius 3 is 2.71 bits per heavy atom. The molecule has 1 nitrogen and oxygen atoms in total. The van der Waals surface area contributed by atoms with Crippen LogP contribution in [0.15, 0.2) is 28.7 Å². The quantitative estimate of drug-likeness (QED) is 0.745. The van der Waals surface area contributed by atoms with Gasteiger partial charge in [-0.05, 0) is 60.8 Å². The molecule has 0 saturated heterocycles. The molecule has 0 bridgehead atoms. The van der Waals surface area contributed by atoms with Crippen LogP contribution in [-0.2, 0) is 6.42 Å². The number of benzene rings is 1. The minimum absolute atomic E-state index is 0.341. The van der Waals surface area contributed by atoms with Gasteiger partial charge < -0.3 is 5.32 Å². The summed E-state index contributed by atoms with van der Waals surface area (Å²) in [5.41, 5.74) is 1.79. The Morgan fingerprint density at radius 2 is 2.05 bits per heavy atom. The van der Waals surface area contributed by atoms with Crippen molar-refractivity contribution in [3.63, 3.8) is 0 Å². The van der Waals surface area contributed by atoms with Crippen LogP contribution in [0.3, 0.4) is 0 Å². The molecule has 3 unspecified atom stereocenters. The second-order valence-corrected chi connectivity index (χ2v) is 8.40. The molecule has 1 fully saturated rings. The third kappa shape index (κ3) is 4.56. The van der Waals surface area contributed by atoms with E-state index < -0.39 is 0 Å². The largest absolute Gasteiger partial charge is 0.314 e. The van der Waals surface area contributed by atoms with E-state index in [-0.39, 0.29) is 0 Å². The molecule has 118 valence electrons. The number of rotatable bonds is 5. The Morgan fingerprint density at radius 1 is 1.29 bits per heavy atom. The van der Waals surface area contributed by atoms with Gasteiger partial charge in [-0.25, -0.2) is 0 Å². The number of nitrogens with one attached hydrogen (secondary N) is 1. The van der Waals surface area contributed by atoms with Crippen molar-refractivity contribution in [3.05, 3.63) is 34.3 Å². The van der Waals surface area contributed by atoms with Crippen LogP contribution >= 0.6 is 15.9 Å². The topological polar surface area (TPSA) is 12.0 Å². The van der Waals surface area contributed by atoms with Gasteiger partial charge in [0, 0.05) is 10.5 Å². The van der Waals surface area contributed by atoms with Crippen LogP contribution in [-0.4, -0.2) is 12.6 Å². The predicted molar refractivity (Wildman–Crippen MR) is 95.6 cm³/mol. The van der Waals surface area contributed by atoms with Gasteiger partial charge in [-0.3, -0.25) is 0 Å². The molecule has 2 rings (SSSR count). The van der Waals surface area contributed by atoms with Gasteiger partial charge in [0.1, 0.15) is 0 Å². The Bertz CT molecular complexity index is 455. The summed E-state index contributed by atoms with van der Waals surface area (Å²) in [6.07, 6.45) is 5.24. The second-order valence-electron chi connectivity index (χ2n) is 7.48. The molecule has 21 heavy (non-hydrogen) atoms. The third-order valence-electron chi connectivity index (χ3n) is 5.13. The summed E-state index contributed by atoms with van der Waals surface area (Å²) in [6, 6.07) is 9.48. The van der Waals surface area contributed by atoms with Crippen LogP contribution < -0.4 is 5.32 Å². The average molecular weight is 352 g/mol. The van der Waals surface area contributed by atoms with Crippen molar-refractivity contribution in [1.29, 1.82) is 0 Å². The van der Waals surface area contributed by atoms with Crippen molar-refractivity contribution in [1.82, 2.24) is 5.32 Å². The maximum atomic E-state index is 3.76. The first-order valence-electron chi connectivity index (χ1n) is 8.40. The lowest BCUT2D eigenvalue weighted by Gasteiger charge is -2.45. The lowest BCUT2D eigenvalue weighted by Crippen LogP contribution is -2.47. The average Bonchev–Trinajstić information content (AvgIpc) is 2.38. The second kappa shape index (κ2) is 7.28. The van der Waals surface area contributed by atoms with E-state index >= 15 is 0 Å². The van der Waals surface area contributed by atoms with Gasteiger partial charge in [-0.15, -0.1) is 0 Å². The number of hydrogen-bond donors (Lipinski definition) is 1. The summed E-state index contributed by atoms with van der Waals surface area (Å²) >= 11 is 3.60. The van der Waals surface area contributed by atoms with Crippen LogP contribution in [0, 0.1) is 17.3 Å². The van der Waals surface area contributed by atoms with E-state index in [1.807, 2.05) is 0 Å². The lowest BCUT2D eigenvalue weighted by molar-refractivity contribution is 0.0949. The Labute approximate surface area is 139 Å². The SMILES string of the molecule is CCNC1CC(C)CCC1C(C)(C)Cc1cccc(Br)c1. The molecule has 1 saturated carbocycles. The van der Waals surface area contributed by atoms with Crippen molar-refractivity contribution >= 4 is 15.9 Å². The summed E-state index contributed by atoms with van der Waals surface area (Å²) in [4.78, 5) is 0. The van der Waals surface area contributed by atoms with Crippen molar-refractivity contribution in [3.8, 4) is 0 Å². The smallest absolute Gasteiger partial charge is 0.0177 e. The van der Waals surface area contributed by atoms with Gasteiger partial charge in [-0.1, -0.05) is 62.2 Å². The summed E-state index contributed by atoms with van der Waals surface area (Å²) < 4.78 is 1.19. The molecule has 0 spiro atoms. The summed E-state index contributed by atoms with van der Waals surface area (Å²) in [5, 5.41) is 3.76. The fourth-order valence-electron chi connectivity index (χ4n) is 4.11. The monoisotopic (exact) mass is 351 g/mol. The van der Waals surface area contributed by atoms with E-state index in [0.717, 1.165) is 24.8 Å². The molecule has 1 aliphatic carbocycles. The standard InChI is InChI=1S/C19H30BrN/c1-5-21-18-11-14(2)9-10-17(18)19(3,4)13-15-7-6-8-16(20)12-15/h6-8,12,14,17-18,21H,5,9-11,13H2,1-4H3. The summed E-state index contributed by atoms with van der Waals surface area (Å²) in [6.45, 7) is 10.6. The molecule has 3 atom stereocenters. The van der Waals surface area contributed by atoms with Gasteiger partial charge in [0.25, 0.3) is 0 Å². The van der Waals surface area contributed by atoms with Crippen molar-refractivity contribution in [2.24, 2.45) is 17.3 Å². The van der Waals surface area contributed by atoms with Crippen LogP contribution in [0.4, 0.5) is 0 Å². The number of hydrogen-bond acceptors (Lipinski definition) is 1. The highest BCUT2D eigenvalue weighted by molar-refractivity contribution is 9.10.